The topological polar surface area (TPSA) is 33.1 Å². The van der Waals surface area contributed by atoms with E-state index in [0.29, 0.717) is 0 Å². The van der Waals surface area contributed by atoms with Crippen molar-refractivity contribution in [3.63, 3.8) is 0 Å². The first-order valence-corrected chi connectivity index (χ1v) is 5.96. The summed E-state index contributed by atoms with van der Waals surface area (Å²) >= 11 is 0. The molecule has 1 atom stereocenters. The Morgan fingerprint density at radius 1 is 1.44 bits per heavy atom. The normalized spacial score (nSPS) is 12.4. The lowest BCUT2D eigenvalue weighted by atomic mass is 10.0. The maximum absolute atomic E-state index is 10.00. The molecule has 0 spiro atoms. The average molecular weight is 219 g/mol. The number of hydrogen-bond donors (Lipinski definition) is 1. The van der Waals surface area contributed by atoms with Crippen LogP contribution in [0.3, 0.4) is 0 Å². The van der Waals surface area contributed by atoms with Gasteiger partial charge >= 0.3 is 0 Å². The second kappa shape index (κ2) is 7.18. The zero-order chi connectivity index (χ0) is 11.8. The number of rotatable bonds is 7. The number of aliphatic hydroxyl groups is 1. The third kappa shape index (κ3) is 4.15. The summed E-state index contributed by atoms with van der Waals surface area (Å²) in [5.41, 5.74) is 1.90. The van der Waals surface area contributed by atoms with Gasteiger partial charge in [-0.3, -0.25) is 4.98 Å². The third-order valence-electron chi connectivity index (χ3n) is 2.79. The molecule has 1 heterocycles. The Morgan fingerprint density at radius 2 is 2.25 bits per heavy atom. The van der Waals surface area contributed by atoms with Gasteiger partial charge in [-0.15, -0.1) is 6.58 Å². The number of aryl methyl sites for hydroxylation is 1. The molecule has 0 saturated carbocycles. The lowest BCUT2D eigenvalue weighted by molar-refractivity contribution is 0.162. The van der Waals surface area contributed by atoms with Crippen molar-refractivity contribution < 1.29 is 5.11 Å². The summed E-state index contributed by atoms with van der Waals surface area (Å²) in [5, 5.41) is 10.00. The van der Waals surface area contributed by atoms with E-state index in [-0.39, 0.29) is 6.10 Å². The summed E-state index contributed by atoms with van der Waals surface area (Å²) in [5.74, 6) is 0. The van der Waals surface area contributed by atoms with E-state index < -0.39 is 0 Å². The molecule has 1 rings (SSSR count). The SMILES string of the molecule is C=CCCCCCC(O)c1cccnc1C. The summed E-state index contributed by atoms with van der Waals surface area (Å²) in [6.07, 6.45) is 8.62. The molecule has 0 aliphatic rings. The van der Waals surface area contributed by atoms with Gasteiger partial charge in [-0.1, -0.05) is 25.0 Å². The van der Waals surface area contributed by atoms with Gasteiger partial charge in [0.05, 0.1) is 6.10 Å². The molecule has 88 valence electrons. The fourth-order valence-electron chi connectivity index (χ4n) is 1.81. The molecular weight excluding hydrogens is 198 g/mol. The highest BCUT2D eigenvalue weighted by atomic mass is 16.3. The van der Waals surface area contributed by atoms with Gasteiger partial charge in [-0.2, -0.15) is 0 Å². The highest BCUT2D eigenvalue weighted by Crippen LogP contribution is 2.21. The molecule has 0 saturated heterocycles. The van der Waals surface area contributed by atoms with Crippen molar-refractivity contribution in [2.24, 2.45) is 0 Å². The van der Waals surface area contributed by atoms with Crippen molar-refractivity contribution in [1.82, 2.24) is 4.98 Å². The van der Waals surface area contributed by atoms with Gasteiger partial charge in [-0.05, 0) is 32.3 Å². The fraction of sp³-hybridized carbons (Fsp3) is 0.500. The Bertz CT molecular complexity index is 322. The predicted octanol–water partition coefficient (Wildman–Crippen LogP) is 3.56. The number of aliphatic hydroxyl groups excluding tert-OH is 1. The third-order valence-corrected chi connectivity index (χ3v) is 2.79. The maximum atomic E-state index is 10.00. The van der Waals surface area contributed by atoms with E-state index in [1.54, 1.807) is 6.20 Å². The minimum Gasteiger partial charge on any atom is -0.388 e. The Labute approximate surface area is 98.0 Å². The number of aromatic nitrogens is 1. The Hall–Kier alpha value is -1.15. The van der Waals surface area contributed by atoms with E-state index in [0.717, 1.165) is 36.9 Å². The second-order valence-corrected chi connectivity index (χ2v) is 4.12. The average Bonchev–Trinajstić information content (AvgIpc) is 2.29. The summed E-state index contributed by atoms with van der Waals surface area (Å²) in [6.45, 7) is 5.64. The first-order valence-electron chi connectivity index (χ1n) is 5.96. The van der Waals surface area contributed by atoms with Crippen LogP contribution in [0.1, 0.15) is 49.5 Å². The molecule has 2 heteroatoms. The zero-order valence-corrected chi connectivity index (χ0v) is 10.0. The van der Waals surface area contributed by atoms with Crippen LogP contribution >= 0.6 is 0 Å². The summed E-state index contributed by atoms with van der Waals surface area (Å²) in [6, 6.07) is 3.83. The van der Waals surface area contributed by atoms with Crippen molar-refractivity contribution in [1.29, 1.82) is 0 Å². The molecule has 2 nitrogen and oxygen atoms in total. The van der Waals surface area contributed by atoms with E-state index in [9.17, 15) is 5.11 Å². The first kappa shape index (κ1) is 12.9. The fourth-order valence-corrected chi connectivity index (χ4v) is 1.81. The van der Waals surface area contributed by atoms with E-state index in [4.69, 9.17) is 0 Å². The summed E-state index contributed by atoms with van der Waals surface area (Å²) < 4.78 is 0. The zero-order valence-electron chi connectivity index (χ0n) is 10.0. The van der Waals surface area contributed by atoms with Gasteiger partial charge in [0.2, 0.25) is 0 Å². The Morgan fingerprint density at radius 3 is 2.94 bits per heavy atom. The van der Waals surface area contributed by atoms with Gasteiger partial charge in [0.1, 0.15) is 0 Å². The maximum Gasteiger partial charge on any atom is 0.0807 e. The van der Waals surface area contributed by atoms with Crippen molar-refractivity contribution in [2.45, 2.75) is 45.1 Å². The predicted molar refractivity (Wildman–Crippen MR) is 67.2 cm³/mol. The molecule has 0 radical (unpaired) electrons. The Balaban J connectivity index is 2.32. The number of nitrogens with zero attached hydrogens (tertiary/aromatic N) is 1. The van der Waals surface area contributed by atoms with Crippen LogP contribution in [0.4, 0.5) is 0 Å². The smallest absolute Gasteiger partial charge is 0.0807 e. The number of unbranched alkanes of at least 4 members (excludes halogenated alkanes) is 3. The number of hydrogen-bond acceptors (Lipinski definition) is 2. The molecule has 1 aromatic rings. The van der Waals surface area contributed by atoms with Crippen LogP contribution in [0.15, 0.2) is 31.0 Å². The van der Waals surface area contributed by atoms with Crippen LogP contribution in [0.2, 0.25) is 0 Å². The first-order chi connectivity index (χ1) is 7.75. The molecule has 0 aromatic carbocycles. The Kier molecular flexibility index (Phi) is 5.79. The summed E-state index contributed by atoms with van der Waals surface area (Å²) in [7, 11) is 0. The lowest BCUT2D eigenvalue weighted by Gasteiger charge is -2.12. The van der Waals surface area contributed by atoms with Crippen LogP contribution in [-0.2, 0) is 0 Å². The summed E-state index contributed by atoms with van der Waals surface area (Å²) in [4.78, 5) is 4.18. The van der Waals surface area contributed by atoms with E-state index in [2.05, 4.69) is 11.6 Å². The van der Waals surface area contributed by atoms with Gasteiger partial charge in [0.15, 0.2) is 0 Å². The molecular formula is C14H21NO. The largest absolute Gasteiger partial charge is 0.388 e. The molecule has 0 amide bonds. The monoisotopic (exact) mass is 219 g/mol. The van der Waals surface area contributed by atoms with Crippen LogP contribution in [0.5, 0.6) is 0 Å². The van der Waals surface area contributed by atoms with Gasteiger partial charge in [-0.25, -0.2) is 0 Å². The standard InChI is InChI=1S/C14H21NO/c1-3-4-5-6-7-10-14(16)13-9-8-11-15-12(13)2/h3,8-9,11,14,16H,1,4-7,10H2,2H3. The van der Waals surface area contributed by atoms with Gasteiger partial charge in [0, 0.05) is 17.5 Å². The van der Waals surface area contributed by atoms with Gasteiger partial charge < -0.3 is 5.11 Å². The molecule has 16 heavy (non-hydrogen) atoms. The van der Waals surface area contributed by atoms with E-state index in [1.165, 1.54) is 6.42 Å². The van der Waals surface area contributed by atoms with E-state index >= 15 is 0 Å². The molecule has 0 aliphatic carbocycles. The quantitative estimate of drug-likeness (QED) is 0.562. The lowest BCUT2D eigenvalue weighted by Crippen LogP contribution is -2.01. The van der Waals surface area contributed by atoms with Crippen molar-refractivity contribution in [2.75, 3.05) is 0 Å². The second-order valence-electron chi connectivity index (χ2n) is 4.12. The molecule has 0 aliphatic heterocycles. The molecule has 0 bridgehead atoms. The van der Waals surface area contributed by atoms with Crippen molar-refractivity contribution in [3.05, 3.63) is 42.2 Å². The van der Waals surface area contributed by atoms with Crippen LogP contribution < -0.4 is 0 Å². The van der Waals surface area contributed by atoms with Crippen LogP contribution in [0, 0.1) is 6.92 Å². The van der Waals surface area contributed by atoms with Crippen molar-refractivity contribution in [3.8, 4) is 0 Å². The minimum absolute atomic E-state index is 0.363. The minimum atomic E-state index is -0.363. The number of pyridine rings is 1. The van der Waals surface area contributed by atoms with Crippen LogP contribution in [0.25, 0.3) is 0 Å². The highest BCUT2D eigenvalue weighted by molar-refractivity contribution is 5.20. The molecule has 1 N–H and O–H groups in total. The molecule has 1 unspecified atom stereocenters. The van der Waals surface area contributed by atoms with Crippen LogP contribution in [-0.4, -0.2) is 10.1 Å². The molecule has 0 fully saturated rings. The number of allylic oxidation sites excluding steroid dienone is 1. The highest BCUT2D eigenvalue weighted by Gasteiger charge is 2.09. The van der Waals surface area contributed by atoms with Gasteiger partial charge in [0.25, 0.3) is 0 Å². The van der Waals surface area contributed by atoms with E-state index in [1.807, 2.05) is 25.1 Å². The molecule has 1 aromatic heterocycles. The van der Waals surface area contributed by atoms with Crippen molar-refractivity contribution >= 4 is 0 Å².